The number of anilines is 1. The highest BCUT2D eigenvalue weighted by Gasteiger charge is 2.29. The van der Waals surface area contributed by atoms with Gasteiger partial charge in [-0.3, -0.25) is 4.98 Å². The fourth-order valence-electron chi connectivity index (χ4n) is 2.80. The number of hydrogen-bond acceptors (Lipinski definition) is 4. The van der Waals surface area contributed by atoms with Crippen molar-refractivity contribution in [1.82, 2.24) is 4.98 Å². The van der Waals surface area contributed by atoms with Crippen LogP contribution in [0.5, 0.6) is 0 Å². The van der Waals surface area contributed by atoms with Gasteiger partial charge in [0.05, 0.1) is 18.2 Å². The lowest BCUT2D eigenvalue weighted by molar-refractivity contribution is 0.0603. The van der Waals surface area contributed by atoms with Crippen LogP contribution < -0.4 is 4.90 Å². The first-order valence-corrected chi connectivity index (χ1v) is 7.08. The number of esters is 1. The Balaban J connectivity index is 1.86. The lowest BCUT2D eigenvalue weighted by Crippen LogP contribution is -2.47. The zero-order chi connectivity index (χ0) is 15.7. The molecular weight excluding hydrogens is 290 g/mol. The lowest BCUT2D eigenvalue weighted by atomic mass is 9.95. The SMILES string of the molecule is COC(=O)c1ccnc2ccc(N3CC(CC(F)F)C3)cc12. The summed E-state index contributed by atoms with van der Waals surface area (Å²) < 4.78 is 29.5. The molecule has 0 unspecified atom stereocenters. The van der Waals surface area contributed by atoms with Gasteiger partial charge in [-0.15, -0.1) is 0 Å². The van der Waals surface area contributed by atoms with E-state index in [1.807, 2.05) is 23.1 Å². The summed E-state index contributed by atoms with van der Waals surface area (Å²) in [7, 11) is 1.34. The van der Waals surface area contributed by atoms with Gasteiger partial charge < -0.3 is 9.64 Å². The molecule has 1 aliphatic rings. The summed E-state index contributed by atoms with van der Waals surface area (Å²) >= 11 is 0. The highest BCUT2D eigenvalue weighted by molar-refractivity contribution is 6.04. The minimum Gasteiger partial charge on any atom is -0.465 e. The second-order valence-corrected chi connectivity index (χ2v) is 5.45. The highest BCUT2D eigenvalue weighted by Crippen LogP contribution is 2.31. The third kappa shape index (κ3) is 2.73. The molecule has 0 amide bonds. The molecule has 1 saturated heterocycles. The molecule has 2 heterocycles. The molecule has 4 nitrogen and oxygen atoms in total. The van der Waals surface area contributed by atoms with E-state index in [-0.39, 0.29) is 12.3 Å². The number of alkyl halides is 2. The van der Waals surface area contributed by atoms with Gasteiger partial charge in [0.15, 0.2) is 0 Å². The van der Waals surface area contributed by atoms with Gasteiger partial charge in [0, 0.05) is 36.8 Å². The maximum Gasteiger partial charge on any atom is 0.338 e. The minimum absolute atomic E-state index is 0.0321. The maximum atomic E-state index is 12.3. The third-order valence-corrected chi connectivity index (χ3v) is 3.96. The first-order valence-electron chi connectivity index (χ1n) is 7.08. The van der Waals surface area contributed by atoms with Gasteiger partial charge in [0.25, 0.3) is 0 Å². The van der Waals surface area contributed by atoms with Crippen molar-refractivity contribution in [2.75, 3.05) is 25.1 Å². The number of pyridine rings is 1. The lowest BCUT2D eigenvalue weighted by Gasteiger charge is -2.41. The molecule has 2 aromatic rings. The summed E-state index contributed by atoms with van der Waals surface area (Å²) in [5.74, 6) is -0.381. The molecule has 0 saturated carbocycles. The Bertz CT molecular complexity index is 700. The van der Waals surface area contributed by atoms with Crippen molar-refractivity contribution in [3.63, 3.8) is 0 Å². The fraction of sp³-hybridized carbons (Fsp3) is 0.375. The van der Waals surface area contributed by atoms with Crippen molar-refractivity contribution in [3.8, 4) is 0 Å². The largest absolute Gasteiger partial charge is 0.465 e. The first-order chi connectivity index (χ1) is 10.6. The molecular formula is C16H16F2N2O2. The molecule has 0 N–H and O–H groups in total. The van der Waals surface area contributed by atoms with E-state index in [9.17, 15) is 13.6 Å². The number of methoxy groups -OCH3 is 1. The van der Waals surface area contributed by atoms with E-state index < -0.39 is 12.4 Å². The van der Waals surface area contributed by atoms with E-state index in [2.05, 4.69) is 4.98 Å². The van der Waals surface area contributed by atoms with Gasteiger partial charge in [-0.05, 0) is 30.2 Å². The third-order valence-electron chi connectivity index (χ3n) is 3.96. The van der Waals surface area contributed by atoms with E-state index in [0.29, 0.717) is 29.6 Å². The van der Waals surface area contributed by atoms with Crippen LogP contribution in [0, 0.1) is 5.92 Å². The normalized spacial score (nSPS) is 15.2. The number of ether oxygens (including phenoxy) is 1. The molecule has 0 spiro atoms. The monoisotopic (exact) mass is 306 g/mol. The van der Waals surface area contributed by atoms with Crippen LogP contribution in [-0.2, 0) is 4.74 Å². The molecule has 1 aromatic carbocycles. The number of halogens is 2. The molecule has 3 rings (SSSR count). The Hall–Kier alpha value is -2.24. The van der Waals surface area contributed by atoms with Gasteiger partial charge in [-0.25, -0.2) is 13.6 Å². The predicted molar refractivity (Wildman–Crippen MR) is 79.4 cm³/mol. The molecule has 0 atom stereocenters. The average molecular weight is 306 g/mol. The average Bonchev–Trinajstić information content (AvgIpc) is 2.48. The zero-order valence-corrected chi connectivity index (χ0v) is 12.1. The van der Waals surface area contributed by atoms with Gasteiger partial charge in [-0.1, -0.05) is 0 Å². The summed E-state index contributed by atoms with van der Waals surface area (Å²) in [6, 6.07) is 7.22. The molecule has 116 valence electrons. The number of aromatic nitrogens is 1. The molecule has 1 aromatic heterocycles. The van der Waals surface area contributed by atoms with Crippen molar-refractivity contribution >= 4 is 22.6 Å². The summed E-state index contributed by atoms with van der Waals surface area (Å²) in [5, 5.41) is 0.712. The summed E-state index contributed by atoms with van der Waals surface area (Å²) in [6.07, 6.45) is -0.742. The van der Waals surface area contributed by atoms with Crippen LogP contribution in [0.15, 0.2) is 30.5 Å². The Morgan fingerprint density at radius 1 is 1.41 bits per heavy atom. The standard InChI is InChI=1S/C16H16F2N2O2/c1-22-16(21)12-4-5-19-14-3-2-11(7-13(12)14)20-8-10(9-20)6-15(17)18/h2-5,7,10,15H,6,8-9H2,1H3. The van der Waals surface area contributed by atoms with Crippen LogP contribution in [0.25, 0.3) is 10.9 Å². The topological polar surface area (TPSA) is 42.4 Å². The maximum absolute atomic E-state index is 12.3. The van der Waals surface area contributed by atoms with Crippen molar-refractivity contribution in [3.05, 3.63) is 36.0 Å². The number of carbonyl (C=O) groups excluding carboxylic acids is 1. The smallest absolute Gasteiger partial charge is 0.338 e. The summed E-state index contributed by atoms with van der Waals surface area (Å²) in [5.41, 5.74) is 2.08. The van der Waals surface area contributed by atoms with E-state index in [4.69, 9.17) is 4.74 Å². The van der Waals surface area contributed by atoms with Gasteiger partial charge in [0.2, 0.25) is 6.43 Å². The second-order valence-electron chi connectivity index (χ2n) is 5.45. The fourth-order valence-corrected chi connectivity index (χ4v) is 2.80. The van der Waals surface area contributed by atoms with Crippen LogP contribution in [0.3, 0.4) is 0 Å². The Kier molecular flexibility index (Phi) is 3.92. The Morgan fingerprint density at radius 2 is 2.18 bits per heavy atom. The molecule has 1 fully saturated rings. The van der Waals surface area contributed by atoms with Gasteiger partial charge in [-0.2, -0.15) is 0 Å². The Morgan fingerprint density at radius 3 is 2.86 bits per heavy atom. The number of benzene rings is 1. The number of nitrogens with zero attached hydrogens (tertiary/aromatic N) is 2. The molecule has 22 heavy (non-hydrogen) atoms. The van der Waals surface area contributed by atoms with Gasteiger partial charge in [0.1, 0.15) is 0 Å². The van der Waals surface area contributed by atoms with Crippen molar-refractivity contribution < 1.29 is 18.3 Å². The van der Waals surface area contributed by atoms with Crippen molar-refractivity contribution in [1.29, 1.82) is 0 Å². The predicted octanol–water partition coefficient (Wildman–Crippen LogP) is 3.11. The number of fused-ring (bicyclic) bond motifs is 1. The highest BCUT2D eigenvalue weighted by atomic mass is 19.3. The van der Waals surface area contributed by atoms with Gasteiger partial charge >= 0.3 is 5.97 Å². The summed E-state index contributed by atoms with van der Waals surface area (Å²) in [6.45, 7) is 1.23. The molecule has 6 heteroatoms. The second kappa shape index (κ2) is 5.87. The van der Waals surface area contributed by atoms with Crippen LogP contribution >= 0.6 is 0 Å². The number of rotatable bonds is 4. The Labute approximate surface area is 126 Å². The molecule has 0 radical (unpaired) electrons. The molecule has 0 bridgehead atoms. The first kappa shape index (κ1) is 14.7. The van der Waals surface area contributed by atoms with E-state index in [0.717, 1.165) is 5.69 Å². The van der Waals surface area contributed by atoms with E-state index in [1.165, 1.54) is 7.11 Å². The number of carbonyl (C=O) groups is 1. The van der Waals surface area contributed by atoms with Crippen LogP contribution in [0.2, 0.25) is 0 Å². The van der Waals surface area contributed by atoms with Crippen LogP contribution in [0.4, 0.5) is 14.5 Å². The minimum atomic E-state index is -2.25. The number of hydrogen-bond donors (Lipinski definition) is 0. The summed E-state index contributed by atoms with van der Waals surface area (Å²) in [4.78, 5) is 18.1. The van der Waals surface area contributed by atoms with Crippen molar-refractivity contribution in [2.24, 2.45) is 5.92 Å². The van der Waals surface area contributed by atoms with Crippen molar-refractivity contribution in [2.45, 2.75) is 12.8 Å². The molecule has 1 aliphatic heterocycles. The molecule has 0 aliphatic carbocycles. The van der Waals surface area contributed by atoms with E-state index >= 15 is 0 Å². The van der Waals surface area contributed by atoms with Crippen LogP contribution in [-0.4, -0.2) is 37.6 Å². The van der Waals surface area contributed by atoms with E-state index in [1.54, 1.807) is 12.3 Å². The van der Waals surface area contributed by atoms with Crippen LogP contribution in [0.1, 0.15) is 16.8 Å². The zero-order valence-electron chi connectivity index (χ0n) is 12.1. The quantitative estimate of drug-likeness (QED) is 0.814.